The first-order valence-electron chi connectivity index (χ1n) is 4.84. The lowest BCUT2D eigenvalue weighted by Crippen LogP contribution is -2.17. The number of hydrogen-bond acceptors (Lipinski definition) is 3. The molecule has 0 bridgehead atoms. The van der Waals surface area contributed by atoms with E-state index >= 15 is 0 Å². The zero-order valence-electron chi connectivity index (χ0n) is 8.74. The molecule has 1 heterocycles. The third kappa shape index (κ3) is 1.88. The van der Waals surface area contributed by atoms with E-state index in [0.717, 1.165) is 17.0 Å². The zero-order valence-corrected chi connectivity index (χ0v) is 8.74. The van der Waals surface area contributed by atoms with Crippen molar-refractivity contribution in [1.82, 2.24) is 0 Å². The Bertz CT molecular complexity index is 389. The standard InChI is InChI=1S/C11H13NO3/c1-7-6-8-9(12-11(13)15-7)4-3-5-10(8)14-2/h3-5,7H,6H2,1-2H3,(H,12,13). The largest absolute Gasteiger partial charge is 0.496 e. The van der Waals surface area contributed by atoms with Crippen LogP contribution >= 0.6 is 0 Å². The highest BCUT2D eigenvalue weighted by atomic mass is 16.6. The number of rotatable bonds is 1. The molecule has 1 N–H and O–H groups in total. The lowest BCUT2D eigenvalue weighted by Gasteiger charge is -2.11. The Labute approximate surface area is 88.2 Å². The molecule has 1 aromatic carbocycles. The van der Waals surface area contributed by atoms with E-state index in [4.69, 9.17) is 9.47 Å². The normalized spacial score (nSPS) is 19.6. The van der Waals surface area contributed by atoms with Crippen LogP contribution in [-0.2, 0) is 11.2 Å². The summed E-state index contributed by atoms with van der Waals surface area (Å²) < 4.78 is 10.3. The minimum absolute atomic E-state index is 0.137. The summed E-state index contributed by atoms with van der Waals surface area (Å²) in [4.78, 5) is 11.3. The van der Waals surface area contributed by atoms with Crippen molar-refractivity contribution in [2.75, 3.05) is 12.4 Å². The van der Waals surface area contributed by atoms with E-state index in [1.807, 2.05) is 25.1 Å². The van der Waals surface area contributed by atoms with Gasteiger partial charge in [0.05, 0.1) is 12.8 Å². The average Bonchev–Trinajstić information content (AvgIpc) is 2.33. The third-order valence-electron chi connectivity index (χ3n) is 2.39. The van der Waals surface area contributed by atoms with Gasteiger partial charge in [-0.05, 0) is 19.1 Å². The van der Waals surface area contributed by atoms with Crippen LogP contribution < -0.4 is 10.1 Å². The van der Waals surface area contributed by atoms with E-state index in [-0.39, 0.29) is 6.10 Å². The van der Waals surface area contributed by atoms with Gasteiger partial charge in [-0.1, -0.05) is 6.07 Å². The van der Waals surface area contributed by atoms with E-state index < -0.39 is 6.09 Å². The molecular weight excluding hydrogens is 194 g/mol. The second kappa shape index (κ2) is 3.81. The SMILES string of the molecule is COc1cccc2c1CC(C)OC(=O)N2. The molecule has 1 aliphatic heterocycles. The van der Waals surface area contributed by atoms with E-state index in [9.17, 15) is 4.79 Å². The maximum atomic E-state index is 11.3. The zero-order chi connectivity index (χ0) is 10.8. The number of cyclic esters (lactones) is 1. The van der Waals surface area contributed by atoms with Gasteiger partial charge in [0.1, 0.15) is 11.9 Å². The maximum Gasteiger partial charge on any atom is 0.411 e. The van der Waals surface area contributed by atoms with Crippen LogP contribution in [-0.4, -0.2) is 19.3 Å². The number of ether oxygens (including phenoxy) is 2. The Morgan fingerprint density at radius 2 is 2.33 bits per heavy atom. The molecule has 15 heavy (non-hydrogen) atoms. The molecule has 0 spiro atoms. The lowest BCUT2D eigenvalue weighted by atomic mass is 10.1. The second-order valence-corrected chi connectivity index (χ2v) is 3.53. The van der Waals surface area contributed by atoms with Crippen molar-refractivity contribution in [2.24, 2.45) is 0 Å². The Balaban J connectivity index is 2.45. The quantitative estimate of drug-likeness (QED) is 0.767. The molecule has 1 amide bonds. The van der Waals surface area contributed by atoms with Crippen LogP contribution in [0.5, 0.6) is 5.75 Å². The van der Waals surface area contributed by atoms with Crippen molar-refractivity contribution < 1.29 is 14.3 Å². The molecule has 0 saturated heterocycles. The van der Waals surface area contributed by atoms with Crippen molar-refractivity contribution in [1.29, 1.82) is 0 Å². The summed E-state index contributed by atoms with van der Waals surface area (Å²) in [5.41, 5.74) is 1.75. The van der Waals surface area contributed by atoms with Gasteiger partial charge in [0, 0.05) is 12.0 Å². The van der Waals surface area contributed by atoms with E-state index in [1.54, 1.807) is 7.11 Å². The minimum Gasteiger partial charge on any atom is -0.496 e. The summed E-state index contributed by atoms with van der Waals surface area (Å²) in [6.45, 7) is 1.86. The van der Waals surface area contributed by atoms with Crippen molar-refractivity contribution >= 4 is 11.8 Å². The molecule has 1 unspecified atom stereocenters. The Kier molecular flexibility index (Phi) is 2.49. The summed E-state index contributed by atoms with van der Waals surface area (Å²) in [6, 6.07) is 5.56. The van der Waals surface area contributed by atoms with Crippen molar-refractivity contribution in [3.8, 4) is 5.75 Å². The maximum absolute atomic E-state index is 11.3. The fourth-order valence-electron chi connectivity index (χ4n) is 1.74. The molecule has 0 aliphatic carbocycles. The molecule has 80 valence electrons. The number of amides is 1. The number of fused-ring (bicyclic) bond motifs is 1. The highest BCUT2D eigenvalue weighted by Crippen LogP contribution is 2.30. The predicted octanol–water partition coefficient (Wildman–Crippen LogP) is 2.19. The van der Waals surface area contributed by atoms with Crippen LogP contribution in [0.4, 0.5) is 10.5 Å². The molecule has 1 atom stereocenters. The van der Waals surface area contributed by atoms with E-state index in [0.29, 0.717) is 6.42 Å². The summed E-state index contributed by atoms with van der Waals surface area (Å²) >= 11 is 0. The van der Waals surface area contributed by atoms with Gasteiger partial charge in [-0.25, -0.2) is 4.79 Å². The first-order valence-corrected chi connectivity index (χ1v) is 4.84. The summed E-state index contributed by atoms with van der Waals surface area (Å²) in [7, 11) is 1.62. The Morgan fingerprint density at radius 3 is 3.07 bits per heavy atom. The lowest BCUT2D eigenvalue weighted by molar-refractivity contribution is 0.123. The minimum atomic E-state index is -0.408. The molecule has 0 fully saturated rings. The van der Waals surface area contributed by atoms with Gasteiger partial charge < -0.3 is 9.47 Å². The Morgan fingerprint density at radius 1 is 1.53 bits per heavy atom. The first kappa shape index (κ1) is 9.83. The number of carbonyl (C=O) groups is 1. The molecule has 4 heteroatoms. The third-order valence-corrected chi connectivity index (χ3v) is 2.39. The van der Waals surface area contributed by atoms with Gasteiger partial charge in [0.2, 0.25) is 0 Å². The molecule has 1 aromatic rings. The van der Waals surface area contributed by atoms with E-state index in [1.165, 1.54) is 0 Å². The van der Waals surface area contributed by atoms with Gasteiger partial charge in [0.15, 0.2) is 0 Å². The monoisotopic (exact) mass is 207 g/mol. The first-order chi connectivity index (χ1) is 7.20. The average molecular weight is 207 g/mol. The van der Waals surface area contributed by atoms with Crippen LogP contribution in [0, 0.1) is 0 Å². The highest BCUT2D eigenvalue weighted by molar-refractivity contribution is 5.87. The van der Waals surface area contributed by atoms with Gasteiger partial charge >= 0.3 is 6.09 Å². The molecular formula is C11H13NO3. The number of carbonyl (C=O) groups excluding carboxylic acids is 1. The van der Waals surface area contributed by atoms with Gasteiger partial charge in [-0.3, -0.25) is 5.32 Å². The van der Waals surface area contributed by atoms with Crippen molar-refractivity contribution in [2.45, 2.75) is 19.4 Å². The summed E-state index contributed by atoms with van der Waals surface area (Å²) in [5.74, 6) is 0.783. The number of benzene rings is 1. The predicted molar refractivity (Wildman–Crippen MR) is 56.3 cm³/mol. The topological polar surface area (TPSA) is 47.6 Å². The fraction of sp³-hybridized carbons (Fsp3) is 0.364. The van der Waals surface area contributed by atoms with E-state index in [2.05, 4.69) is 5.32 Å². The number of methoxy groups -OCH3 is 1. The van der Waals surface area contributed by atoms with Crippen LogP contribution in [0.2, 0.25) is 0 Å². The van der Waals surface area contributed by atoms with Crippen LogP contribution in [0.25, 0.3) is 0 Å². The molecule has 1 aliphatic rings. The smallest absolute Gasteiger partial charge is 0.411 e. The molecule has 0 aromatic heterocycles. The summed E-state index contributed by atoms with van der Waals surface area (Å²) in [5, 5.41) is 2.69. The van der Waals surface area contributed by atoms with Crippen molar-refractivity contribution in [3.05, 3.63) is 23.8 Å². The van der Waals surface area contributed by atoms with Crippen LogP contribution in [0.1, 0.15) is 12.5 Å². The number of hydrogen-bond donors (Lipinski definition) is 1. The highest BCUT2D eigenvalue weighted by Gasteiger charge is 2.21. The second-order valence-electron chi connectivity index (χ2n) is 3.53. The molecule has 0 saturated carbocycles. The molecule has 0 radical (unpaired) electrons. The Hall–Kier alpha value is -1.71. The molecule has 4 nitrogen and oxygen atoms in total. The van der Waals surface area contributed by atoms with Crippen LogP contribution in [0.15, 0.2) is 18.2 Å². The van der Waals surface area contributed by atoms with Gasteiger partial charge in [-0.15, -0.1) is 0 Å². The number of nitrogens with one attached hydrogen (secondary N) is 1. The van der Waals surface area contributed by atoms with Gasteiger partial charge in [0.25, 0.3) is 0 Å². The molecule has 2 rings (SSSR count). The van der Waals surface area contributed by atoms with Gasteiger partial charge in [-0.2, -0.15) is 0 Å². The van der Waals surface area contributed by atoms with Crippen LogP contribution in [0.3, 0.4) is 0 Å². The number of anilines is 1. The van der Waals surface area contributed by atoms with Crippen molar-refractivity contribution in [3.63, 3.8) is 0 Å². The fourth-order valence-corrected chi connectivity index (χ4v) is 1.74. The summed E-state index contributed by atoms with van der Waals surface area (Å²) in [6.07, 6.45) is 0.120.